The molecule has 3 atom stereocenters. The summed E-state index contributed by atoms with van der Waals surface area (Å²) < 4.78 is 43.4. The Labute approximate surface area is 154 Å². The summed E-state index contributed by atoms with van der Waals surface area (Å²) in [7, 11) is 1.34. The van der Waals surface area contributed by atoms with Crippen LogP contribution in [0, 0.1) is 5.92 Å². The Hall–Kier alpha value is -1.41. The highest BCUT2D eigenvalue weighted by Gasteiger charge is 2.45. The first-order valence-electron chi connectivity index (χ1n) is 8.69. The summed E-state index contributed by atoms with van der Waals surface area (Å²) in [6, 6.07) is 4.34. The van der Waals surface area contributed by atoms with Crippen LogP contribution in [0.1, 0.15) is 37.7 Å². The van der Waals surface area contributed by atoms with Crippen molar-refractivity contribution in [1.29, 1.82) is 0 Å². The van der Waals surface area contributed by atoms with Crippen LogP contribution in [-0.4, -0.2) is 40.7 Å². The molecule has 2 aliphatic rings. The number of halogens is 3. The van der Waals surface area contributed by atoms with Crippen LogP contribution < -0.4 is 4.74 Å². The molecule has 4 nitrogen and oxygen atoms in total. The SMILES string of the molecule is COc1ccc(CN2C(C(=O)O)CC3CCCCC32)cc1SC(F)(F)F. The van der Waals surface area contributed by atoms with Gasteiger partial charge in [0, 0.05) is 12.6 Å². The summed E-state index contributed by atoms with van der Waals surface area (Å²) in [4.78, 5) is 13.7. The number of rotatable bonds is 5. The zero-order chi connectivity index (χ0) is 18.9. The van der Waals surface area contributed by atoms with Crippen LogP contribution in [0.3, 0.4) is 0 Å². The molecule has 3 rings (SSSR count). The van der Waals surface area contributed by atoms with Gasteiger partial charge in [-0.2, -0.15) is 13.2 Å². The third-order valence-corrected chi connectivity index (χ3v) is 6.10. The second-order valence-corrected chi connectivity index (χ2v) is 8.01. The zero-order valence-electron chi connectivity index (χ0n) is 14.5. The monoisotopic (exact) mass is 389 g/mol. The summed E-state index contributed by atoms with van der Waals surface area (Å²) in [5.74, 6) is -0.312. The molecule has 1 N–H and O–H groups in total. The number of aliphatic carboxylic acids is 1. The Bertz CT molecular complexity index is 668. The van der Waals surface area contributed by atoms with Crippen molar-refractivity contribution in [2.24, 2.45) is 5.92 Å². The highest BCUT2D eigenvalue weighted by atomic mass is 32.2. The van der Waals surface area contributed by atoms with E-state index >= 15 is 0 Å². The van der Waals surface area contributed by atoms with E-state index in [1.807, 2.05) is 4.90 Å². The number of hydrogen-bond donors (Lipinski definition) is 1. The first kappa shape index (κ1) is 19.4. The first-order valence-corrected chi connectivity index (χ1v) is 9.51. The Morgan fingerprint density at radius 2 is 2.08 bits per heavy atom. The summed E-state index contributed by atoms with van der Waals surface area (Å²) in [5.41, 5.74) is -3.73. The third-order valence-electron chi connectivity index (χ3n) is 5.33. The van der Waals surface area contributed by atoms with Gasteiger partial charge in [0.2, 0.25) is 0 Å². The molecule has 1 aromatic rings. The molecule has 0 amide bonds. The van der Waals surface area contributed by atoms with Gasteiger partial charge in [0.15, 0.2) is 0 Å². The smallest absolute Gasteiger partial charge is 0.446 e. The molecule has 0 aromatic heterocycles. The van der Waals surface area contributed by atoms with Gasteiger partial charge in [0.25, 0.3) is 0 Å². The van der Waals surface area contributed by atoms with E-state index in [1.165, 1.54) is 19.2 Å². The number of carboxylic acid groups (broad SMARTS) is 1. The van der Waals surface area contributed by atoms with Crippen molar-refractivity contribution in [3.8, 4) is 5.75 Å². The van der Waals surface area contributed by atoms with Gasteiger partial charge >= 0.3 is 11.5 Å². The molecule has 0 spiro atoms. The van der Waals surface area contributed by atoms with Crippen LogP contribution in [0.15, 0.2) is 23.1 Å². The normalized spacial score (nSPS) is 26.5. The number of benzene rings is 1. The standard InChI is InChI=1S/C18H22F3NO3S/c1-25-15-7-6-11(8-16(15)26-18(19,20)21)10-22-13-5-3-2-4-12(13)9-14(22)17(23)24/h6-8,12-14H,2-5,9-10H2,1H3,(H,23,24). The van der Waals surface area contributed by atoms with Crippen LogP contribution in [0.4, 0.5) is 13.2 Å². The van der Waals surface area contributed by atoms with E-state index in [9.17, 15) is 23.1 Å². The average Bonchev–Trinajstić information content (AvgIpc) is 2.93. The molecule has 1 aliphatic heterocycles. The second-order valence-electron chi connectivity index (χ2n) is 6.91. The van der Waals surface area contributed by atoms with Crippen LogP contribution >= 0.6 is 11.8 Å². The van der Waals surface area contributed by atoms with Gasteiger partial charge in [-0.15, -0.1) is 0 Å². The van der Waals surface area contributed by atoms with Crippen LogP contribution in [0.2, 0.25) is 0 Å². The van der Waals surface area contributed by atoms with Crippen molar-refractivity contribution in [3.63, 3.8) is 0 Å². The van der Waals surface area contributed by atoms with Crippen molar-refractivity contribution in [1.82, 2.24) is 4.90 Å². The molecule has 1 saturated carbocycles. The van der Waals surface area contributed by atoms with Gasteiger partial charge in [-0.3, -0.25) is 9.69 Å². The quantitative estimate of drug-likeness (QED) is 0.750. The van der Waals surface area contributed by atoms with Gasteiger partial charge in [-0.25, -0.2) is 0 Å². The number of alkyl halides is 3. The largest absolute Gasteiger partial charge is 0.496 e. The molecule has 1 saturated heterocycles. The fourth-order valence-corrected chi connectivity index (χ4v) is 4.97. The van der Waals surface area contributed by atoms with Crippen molar-refractivity contribution in [2.45, 2.75) is 61.1 Å². The van der Waals surface area contributed by atoms with Gasteiger partial charge in [-0.1, -0.05) is 18.9 Å². The molecule has 3 unspecified atom stereocenters. The lowest BCUT2D eigenvalue weighted by Gasteiger charge is -2.33. The van der Waals surface area contributed by atoms with E-state index in [1.54, 1.807) is 6.07 Å². The minimum absolute atomic E-state index is 0.00349. The van der Waals surface area contributed by atoms with Crippen molar-refractivity contribution < 1.29 is 27.8 Å². The van der Waals surface area contributed by atoms with E-state index in [-0.39, 0.29) is 28.4 Å². The van der Waals surface area contributed by atoms with Gasteiger partial charge < -0.3 is 9.84 Å². The molecule has 144 valence electrons. The predicted octanol–water partition coefficient (Wildman–Crippen LogP) is 4.52. The molecule has 2 fully saturated rings. The second kappa shape index (κ2) is 7.68. The number of carbonyl (C=O) groups is 1. The number of likely N-dealkylation sites (tertiary alicyclic amines) is 1. The molecule has 1 aromatic carbocycles. The number of ether oxygens (including phenoxy) is 1. The number of hydrogen-bond acceptors (Lipinski definition) is 4. The molecule has 1 heterocycles. The van der Waals surface area contributed by atoms with Gasteiger partial charge in [0.05, 0.1) is 12.0 Å². The fourth-order valence-electron chi connectivity index (χ4n) is 4.26. The van der Waals surface area contributed by atoms with E-state index in [4.69, 9.17) is 4.74 Å². The van der Waals surface area contributed by atoms with Crippen LogP contribution in [0.25, 0.3) is 0 Å². The summed E-state index contributed by atoms with van der Waals surface area (Å²) in [6.45, 7) is 0.341. The Balaban J connectivity index is 1.84. The lowest BCUT2D eigenvalue weighted by molar-refractivity contribution is -0.142. The third kappa shape index (κ3) is 4.28. The highest BCUT2D eigenvalue weighted by molar-refractivity contribution is 8.00. The number of nitrogens with zero attached hydrogens (tertiary/aromatic N) is 1. The maximum absolute atomic E-state index is 12.8. The van der Waals surface area contributed by atoms with Crippen molar-refractivity contribution >= 4 is 17.7 Å². The molecule has 0 bridgehead atoms. The number of methoxy groups -OCH3 is 1. The number of fused-ring (bicyclic) bond motifs is 1. The zero-order valence-corrected chi connectivity index (χ0v) is 15.3. The van der Waals surface area contributed by atoms with Crippen molar-refractivity contribution in [2.75, 3.05) is 7.11 Å². The number of thioether (sulfide) groups is 1. The highest BCUT2D eigenvalue weighted by Crippen LogP contribution is 2.43. The predicted molar refractivity (Wildman–Crippen MR) is 92.2 cm³/mol. The Morgan fingerprint density at radius 3 is 2.73 bits per heavy atom. The summed E-state index contributed by atoms with van der Waals surface area (Å²) >= 11 is -0.206. The summed E-state index contributed by atoms with van der Waals surface area (Å²) in [5, 5.41) is 9.58. The van der Waals surface area contributed by atoms with Gasteiger partial charge in [0.1, 0.15) is 11.8 Å². The molecule has 0 radical (unpaired) electrons. The van der Waals surface area contributed by atoms with E-state index in [0.717, 1.165) is 25.7 Å². The fraction of sp³-hybridized carbons (Fsp3) is 0.611. The maximum Gasteiger partial charge on any atom is 0.446 e. The Morgan fingerprint density at radius 1 is 1.35 bits per heavy atom. The lowest BCUT2D eigenvalue weighted by atomic mass is 9.84. The molecule has 26 heavy (non-hydrogen) atoms. The first-order chi connectivity index (χ1) is 12.3. The Kier molecular flexibility index (Phi) is 5.72. The summed E-state index contributed by atoms with van der Waals surface area (Å²) in [6.07, 6.45) is 4.80. The molecule has 1 aliphatic carbocycles. The topological polar surface area (TPSA) is 49.8 Å². The van der Waals surface area contributed by atoms with E-state index < -0.39 is 17.5 Å². The minimum atomic E-state index is -4.41. The van der Waals surface area contributed by atoms with E-state index in [0.29, 0.717) is 24.4 Å². The minimum Gasteiger partial charge on any atom is -0.496 e. The van der Waals surface area contributed by atoms with Crippen LogP contribution in [-0.2, 0) is 11.3 Å². The van der Waals surface area contributed by atoms with Gasteiger partial charge in [-0.05, 0) is 54.6 Å². The molecular weight excluding hydrogens is 367 g/mol. The molecule has 8 heteroatoms. The number of carboxylic acids is 1. The molecular formula is C18H22F3NO3S. The average molecular weight is 389 g/mol. The lowest BCUT2D eigenvalue weighted by Crippen LogP contribution is -2.41. The van der Waals surface area contributed by atoms with Crippen LogP contribution in [0.5, 0.6) is 5.75 Å². The maximum atomic E-state index is 12.8. The van der Waals surface area contributed by atoms with Crippen molar-refractivity contribution in [3.05, 3.63) is 23.8 Å². The van der Waals surface area contributed by atoms with E-state index in [2.05, 4.69) is 0 Å².